The minimum Gasteiger partial charge on any atom is -0.497 e. The molecule has 4 nitrogen and oxygen atoms in total. The predicted molar refractivity (Wildman–Crippen MR) is 125 cm³/mol. The van der Waals surface area contributed by atoms with E-state index < -0.39 is 0 Å². The number of hydrogen-bond acceptors (Lipinski definition) is 3. The lowest BCUT2D eigenvalue weighted by molar-refractivity contribution is -0.130. The molecular weight excluding hydrogens is 386 g/mol. The Morgan fingerprint density at radius 3 is 2.42 bits per heavy atom. The maximum absolute atomic E-state index is 12.5. The molecule has 0 N–H and O–H groups in total. The SMILES string of the molecule is COc1ccc(CN(CC[C@@]2(c3ccc(C)cc3)CCO[C@@H](C(C)C)C2)C(C)=O)cc1. The molecule has 3 rings (SSSR count). The minimum absolute atomic E-state index is 0.0362. The number of methoxy groups -OCH3 is 1. The maximum Gasteiger partial charge on any atom is 0.219 e. The Bertz CT molecular complexity index is 844. The molecule has 2 aromatic carbocycles. The number of aryl methyl sites for hydroxylation is 1. The van der Waals surface area contributed by atoms with Crippen molar-refractivity contribution >= 4 is 5.91 Å². The number of amides is 1. The topological polar surface area (TPSA) is 38.8 Å². The summed E-state index contributed by atoms with van der Waals surface area (Å²) >= 11 is 0. The molecule has 1 amide bonds. The van der Waals surface area contributed by atoms with E-state index in [9.17, 15) is 4.79 Å². The van der Waals surface area contributed by atoms with Crippen LogP contribution in [0.2, 0.25) is 0 Å². The zero-order valence-electron chi connectivity index (χ0n) is 19.7. The van der Waals surface area contributed by atoms with E-state index in [0.717, 1.165) is 43.7 Å². The summed E-state index contributed by atoms with van der Waals surface area (Å²) in [6, 6.07) is 16.9. The van der Waals surface area contributed by atoms with Crippen LogP contribution >= 0.6 is 0 Å². The summed E-state index contributed by atoms with van der Waals surface area (Å²) in [6.45, 7) is 10.4. The van der Waals surface area contributed by atoms with Gasteiger partial charge in [0.05, 0.1) is 13.2 Å². The van der Waals surface area contributed by atoms with E-state index in [1.807, 2.05) is 29.2 Å². The van der Waals surface area contributed by atoms with E-state index >= 15 is 0 Å². The zero-order valence-corrected chi connectivity index (χ0v) is 19.7. The van der Waals surface area contributed by atoms with Gasteiger partial charge < -0.3 is 14.4 Å². The summed E-state index contributed by atoms with van der Waals surface area (Å²) in [4.78, 5) is 14.4. The Kier molecular flexibility index (Phi) is 7.77. The van der Waals surface area contributed by atoms with Gasteiger partial charge in [-0.05, 0) is 55.4 Å². The monoisotopic (exact) mass is 423 g/mol. The van der Waals surface area contributed by atoms with Gasteiger partial charge in [-0.15, -0.1) is 0 Å². The zero-order chi connectivity index (χ0) is 22.4. The predicted octanol–water partition coefficient (Wildman–Crippen LogP) is 5.52. The summed E-state index contributed by atoms with van der Waals surface area (Å²) in [6.07, 6.45) is 3.19. The van der Waals surface area contributed by atoms with Gasteiger partial charge in [0.25, 0.3) is 0 Å². The second kappa shape index (κ2) is 10.3. The minimum atomic E-state index is 0.0362. The molecule has 1 saturated heterocycles. The molecule has 1 heterocycles. The molecule has 1 fully saturated rings. The van der Waals surface area contributed by atoms with Crippen molar-refractivity contribution in [3.63, 3.8) is 0 Å². The number of rotatable bonds is 8. The molecule has 0 unspecified atom stereocenters. The molecule has 0 bridgehead atoms. The Morgan fingerprint density at radius 2 is 1.84 bits per heavy atom. The third-order valence-corrected chi connectivity index (χ3v) is 6.75. The largest absolute Gasteiger partial charge is 0.497 e. The maximum atomic E-state index is 12.5. The highest BCUT2D eigenvalue weighted by atomic mass is 16.5. The number of carbonyl (C=O) groups excluding carboxylic acids is 1. The van der Waals surface area contributed by atoms with Gasteiger partial charge in [0, 0.05) is 32.0 Å². The molecule has 31 heavy (non-hydrogen) atoms. The Hall–Kier alpha value is -2.33. The van der Waals surface area contributed by atoms with Crippen LogP contribution in [0.4, 0.5) is 0 Å². The van der Waals surface area contributed by atoms with Crippen molar-refractivity contribution in [2.45, 2.75) is 65.0 Å². The van der Waals surface area contributed by atoms with Gasteiger partial charge in [-0.25, -0.2) is 0 Å². The molecule has 2 aromatic rings. The first kappa shape index (κ1) is 23.3. The fraction of sp³-hybridized carbons (Fsp3) is 0.519. The van der Waals surface area contributed by atoms with E-state index in [4.69, 9.17) is 9.47 Å². The summed E-state index contributed by atoms with van der Waals surface area (Å²) in [5.74, 6) is 1.43. The Balaban J connectivity index is 1.80. The summed E-state index contributed by atoms with van der Waals surface area (Å²) in [5.41, 5.74) is 3.80. The van der Waals surface area contributed by atoms with Gasteiger partial charge in [-0.2, -0.15) is 0 Å². The highest BCUT2D eigenvalue weighted by Crippen LogP contribution is 2.42. The third kappa shape index (κ3) is 5.88. The van der Waals surface area contributed by atoms with Gasteiger partial charge in [0.1, 0.15) is 5.75 Å². The average Bonchev–Trinajstić information content (AvgIpc) is 2.77. The van der Waals surface area contributed by atoms with Gasteiger partial charge in [0.15, 0.2) is 0 Å². The molecule has 4 heteroatoms. The number of nitrogens with zero attached hydrogens (tertiary/aromatic N) is 1. The van der Waals surface area contributed by atoms with Crippen LogP contribution in [-0.4, -0.2) is 37.2 Å². The van der Waals surface area contributed by atoms with Crippen molar-refractivity contribution in [3.8, 4) is 5.75 Å². The van der Waals surface area contributed by atoms with Crippen LogP contribution < -0.4 is 4.74 Å². The molecule has 0 aliphatic carbocycles. The molecular formula is C27H37NO3. The van der Waals surface area contributed by atoms with Crippen LogP contribution in [-0.2, 0) is 21.5 Å². The van der Waals surface area contributed by atoms with Crippen molar-refractivity contribution in [1.29, 1.82) is 0 Å². The first-order chi connectivity index (χ1) is 14.8. The normalized spacial score (nSPS) is 21.2. The van der Waals surface area contributed by atoms with Crippen molar-refractivity contribution in [2.24, 2.45) is 5.92 Å². The quantitative estimate of drug-likeness (QED) is 0.561. The number of hydrogen-bond donors (Lipinski definition) is 0. The molecule has 168 valence electrons. The second-order valence-electron chi connectivity index (χ2n) is 9.29. The first-order valence-electron chi connectivity index (χ1n) is 11.4. The van der Waals surface area contributed by atoms with Crippen molar-refractivity contribution < 1.29 is 14.3 Å². The van der Waals surface area contributed by atoms with Gasteiger partial charge in [-0.1, -0.05) is 55.8 Å². The standard InChI is InChI=1S/C27H37NO3/c1-20(2)26-18-27(15-17-31-26,24-10-6-21(3)7-11-24)14-16-28(22(4)29)19-23-8-12-25(30-5)13-9-23/h6-13,20,26H,14-19H2,1-5H3/t26-,27-/m1/s1. The molecule has 1 aliphatic rings. The van der Waals surface area contributed by atoms with E-state index in [-0.39, 0.29) is 17.4 Å². The fourth-order valence-corrected chi connectivity index (χ4v) is 4.57. The first-order valence-corrected chi connectivity index (χ1v) is 11.4. The van der Waals surface area contributed by atoms with Crippen LogP contribution in [0, 0.1) is 12.8 Å². The molecule has 0 radical (unpaired) electrons. The van der Waals surface area contributed by atoms with Crippen molar-refractivity contribution in [2.75, 3.05) is 20.3 Å². The van der Waals surface area contributed by atoms with Gasteiger partial charge in [-0.3, -0.25) is 4.79 Å². The smallest absolute Gasteiger partial charge is 0.219 e. The van der Waals surface area contributed by atoms with Gasteiger partial charge in [0.2, 0.25) is 5.91 Å². The Labute approximate surface area is 187 Å². The summed E-state index contributed by atoms with van der Waals surface area (Å²) < 4.78 is 11.4. The van der Waals surface area contributed by atoms with Crippen molar-refractivity contribution in [3.05, 3.63) is 65.2 Å². The molecule has 0 saturated carbocycles. The molecule has 1 aliphatic heterocycles. The van der Waals surface area contributed by atoms with E-state index in [2.05, 4.69) is 45.0 Å². The van der Waals surface area contributed by atoms with Crippen LogP contribution in [0.5, 0.6) is 5.75 Å². The van der Waals surface area contributed by atoms with E-state index in [0.29, 0.717) is 12.5 Å². The summed E-state index contributed by atoms with van der Waals surface area (Å²) in [7, 11) is 1.67. The van der Waals surface area contributed by atoms with Crippen LogP contribution in [0.25, 0.3) is 0 Å². The molecule has 0 aromatic heterocycles. The lowest BCUT2D eigenvalue weighted by Gasteiger charge is -2.44. The van der Waals surface area contributed by atoms with Gasteiger partial charge >= 0.3 is 0 Å². The lowest BCUT2D eigenvalue weighted by atomic mass is 9.68. The van der Waals surface area contributed by atoms with Crippen LogP contribution in [0.3, 0.4) is 0 Å². The number of carbonyl (C=O) groups is 1. The summed E-state index contributed by atoms with van der Waals surface area (Å²) in [5, 5.41) is 0. The van der Waals surface area contributed by atoms with Crippen LogP contribution in [0.15, 0.2) is 48.5 Å². The average molecular weight is 424 g/mol. The Morgan fingerprint density at radius 1 is 1.16 bits per heavy atom. The fourth-order valence-electron chi connectivity index (χ4n) is 4.57. The molecule has 0 spiro atoms. The highest BCUT2D eigenvalue weighted by molar-refractivity contribution is 5.73. The van der Waals surface area contributed by atoms with E-state index in [1.54, 1.807) is 14.0 Å². The highest BCUT2D eigenvalue weighted by Gasteiger charge is 2.39. The van der Waals surface area contributed by atoms with E-state index in [1.165, 1.54) is 11.1 Å². The van der Waals surface area contributed by atoms with Crippen molar-refractivity contribution in [1.82, 2.24) is 4.90 Å². The van der Waals surface area contributed by atoms with Crippen LogP contribution in [0.1, 0.15) is 56.7 Å². The second-order valence-corrected chi connectivity index (χ2v) is 9.29. The lowest BCUT2D eigenvalue weighted by Crippen LogP contribution is -2.43. The number of ether oxygens (including phenoxy) is 2. The number of benzene rings is 2. The molecule has 2 atom stereocenters. The third-order valence-electron chi connectivity index (χ3n) is 6.75.